The molecule has 0 saturated carbocycles. The lowest BCUT2D eigenvalue weighted by Crippen LogP contribution is -2.48. The molecular formula is C12H15F6N3O2. The molecule has 0 aromatic carbocycles. The number of carbonyl (C=O) groups is 1. The van der Waals surface area contributed by atoms with Crippen molar-refractivity contribution in [2.24, 2.45) is 7.05 Å². The van der Waals surface area contributed by atoms with Gasteiger partial charge in [0.1, 0.15) is 0 Å². The van der Waals surface area contributed by atoms with Crippen LogP contribution in [0.1, 0.15) is 18.7 Å². The van der Waals surface area contributed by atoms with Gasteiger partial charge in [-0.3, -0.25) is 4.79 Å². The molecule has 11 heteroatoms. The predicted octanol–water partition coefficient (Wildman–Crippen LogP) is 1.97. The van der Waals surface area contributed by atoms with E-state index in [4.69, 9.17) is 0 Å². The minimum Gasteiger partial charge on any atom is -0.374 e. The highest BCUT2D eigenvalue weighted by Gasteiger charge is 2.58. The quantitative estimate of drug-likeness (QED) is 0.829. The number of hydrogen-bond donors (Lipinski definition) is 1. The van der Waals surface area contributed by atoms with Crippen LogP contribution in [0.4, 0.5) is 26.3 Å². The van der Waals surface area contributed by atoms with Crippen molar-refractivity contribution in [1.82, 2.24) is 14.5 Å². The molecule has 0 aliphatic carbocycles. The Balaban J connectivity index is 2.96. The maximum absolute atomic E-state index is 13.2. The Bertz CT molecular complexity index is 554. The number of rotatable bonds is 5. The van der Waals surface area contributed by atoms with E-state index in [1.54, 1.807) is 0 Å². The molecule has 0 spiro atoms. The summed E-state index contributed by atoms with van der Waals surface area (Å²) >= 11 is 0. The van der Waals surface area contributed by atoms with E-state index in [-0.39, 0.29) is 0 Å². The summed E-state index contributed by atoms with van der Waals surface area (Å²) in [6.07, 6.45) is -10.5. The van der Waals surface area contributed by atoms with E-state index in [9.17, 15) is 36.2 Å². The first-order chi connectivity index (χ1) is 10.3. The smallest absolute Gasteiger partial charge is 0.374 e. The van der Waals surface area contributed by atoms with Crippen LogP contribution >= 0.6 is 0 Å². The monoisotopic (exact) mass is 347 g/mol. The van der Waals surface area contributed by atoms with Crippen LogP contribution in [0.2, 0.25) is 0 Å². The number of amides is 1. The second kappa shape index (κ2) is 6.38. The molecule has 1 atom stereocenters. The van der Waals surface area contributed by atoms with E-state index in [2.05, 4.69) is 4.98 Å². The van der Waals surface area contributed by atoms with Gasteiger partial charge in [0.2, 0.25) is 11.5 Å². The molecule has 1 amide bonds. The Morgan fingerprint density at radius 1 is 1.30 bits per heavy atom. The van der Waals surface area contributed by atoms with E-state index in [1.165, 1.54) is 7.05 Å². The van der Waals surface area contributed by atoms with Crippen molar-refractivity contribution >= 4 is 5.91 Å². The Morgan fingerprint density at radius 2 is 1.87 bits per heavy atom. The number of hydrogen-bond acceptors (Lipinski definition) is 3. The third kappa shape index (κ3) is 4.60. The van der Waals surface area contributed by atoms with Gasteiger partial charge in [-0.05, 0) is 0 Å². The van der Waals surface area contributed by atoms with Gasteiger partial charge >= 0.3 is 12.4 Å². The highest BCUT2D eigenvalue weighted by molar-refractivity contribution is 5.77. The van der Waals surface area contributed by atoms with Crippen LogP contribution in [0.15, 0.2) is 12.4 Å². The molecule has 1 N–H and O–H groups in total. The highest BCUT2D eigenvalue weighted by atomic mass is 19.4. The van der Waals surface area contributed by atoms with Crippen molar-refractivity contribution in [2.45, 2.75) is 30.8 Å². The first-order valence-electron chi connectivity index (χ1n) is 6.35. The molecule has 5 nitrogen and oxygen atoms in total. The highest BCUT2D eigenvalue weighted by Crippen LogP contribution is 2.41. The molecule has 0 bridgehead atoms. The van der Waals surface area contributed by atoms with E-state index < -0.39 is 49.1 Å². The van der Waals surface area contributed by atoms with Gasteiger partial charge in [-0.2, -0.15) is 26.3 Å². The third-order valence-corrected chi connectivity index (χ3v) is 3.22. The van der Waals surface area contributed by atoms with Gasteiger partial charge in [-0.1, -0.05) is 0 Å². The summed E-state index contributed by atoms with van der Waals surface area (Å²) in [4.78, 5) is 15.7. The molecule has 132 valence electrons. The standard InChI is InChI=1S/C12H15F6N3O2/c1-20(5-3-11(13,14)15)8(22)7-10(23,12(16,17)18)9-19-4-6-21(9)2/h4,6,23H,3,5,7H2,1-2H3. The first-order valence-corrected chi connectivity index (χ1v) is 6.35. The topological polar surface area (TPSA) is 58.4 Å². The summed E-state index contributed by atoms with van der Waals surface area (Å²) < 4.78 is 76.8. The molecule has 1 aromatic rings. The molecule has 0 radical (unpaired) electrons. The van der Waals surface area contributed by atoms with Crippen LogP contribution in [-0.2, 0) is 17.4 Å². The molecule has 0 fully saturated rings. The molecule has 0 aliphatic heterocycles. The van der Waals surface area contributed by atoms with Crippen LogP contribution in [0.3, 0.4) is 0 Å². The van der Waals surface area contributed by atoms with Crippen molar-refractivity contribution in [3.8, 4) is 0 Å². The number of aryl methyl sites for hydroxylation is 1. The number of imidazole rings is 1. The lowest BCUT2D eigenvalue weighted by molar-refractivity contribution is -0.271. The van der Waals surface area contributed by atoms with Crippen LogP contribution in [0.25, 0.3) is 0 Å². The van der Waals surface area contributed by atoms with Gasteiger partial charge in [-0.25, -0.2) is 4.98 Å². The van der Waals surface area contributed by atoms with Crippen molar-refractivity contribution in [2.75, 3.05) is 13.6 Å². The maximum atomic E-state index is 13.2. The van der Waals surface area contributed by atoms with E-state index in [0.717, 1.165) is 24.0 Å². The second-order valence-corrected chi connectivity index (χ2v) is 5.08. The van der Waals surface area contributed by atoms with Crippen molar-refractivity contribution < 1.29 is 36.2 Å². The molecule has 1 rings (SSSR count). The minimum absolute atomic E-state index is 0.493. The van der Waals surface area contributed by atoms with Crippen LogP contribution < -0.4 is 0 Å². The zero-order valence-corrected chi connectivity index (χ0v) is 12.2. The van der Waals surface area contributed by atoms with E-state index in [1.807, 2.05) is 0 Å². The summed E-state index contributed by atoms with van der Waals surface area (Å²) in [6, 6.07) is 0. The lowest BCUT2D eigenvalue weighted by Gasteiger charge is -2.31. The van der Waals surface area contributed by atoms with Crippen molar-refractivity contribution in [3.05, 3.63) is 18.2 Å². The van der Waals surface area contributed by atoms with E-state index in [0.29, 0.717) is 4.90 Å². The Morgan fingerprint density at radius 3 is 2.26 bits per heavy atom. The van der Waals surface area contributed by atoms with Crippen molar-refractivity contribution in [3.63, 3.8) is 0 Å². The molecule has 23 heavy (non-hydrogen) atoms. The Labute approximate surface area is 127 Å². The fraction of sp³-hybridized carbons (Fsp3) is 0.667. The normalized spacial score (nSPS) is 15.3. The number of alkyl halides is 6. The van der Waals surface area contributed by atoms with Gasteiger partial charge in [-0.15, -0.1) is 0 Å². The fourth-order valence-electron chi connectivity index (χ4n) is 1.84. The average Bonchev–Trinajstić information content (AvgIpc) is 2.80. The second-order valence-electron chi connectivity index (χ2n) is 5.08. The zero-order chi connectivity index (χ0) is 18.1. The summed E-state index contributed by atoms with van der Waals surface area (Å²) in [7, 11) is 2.13. The molecule has 1 unspecified atom stereocenters. The van der Waals surface area contributed by atoms with E-state index >= 15 is 0 Å². The predicted molar refractivity (Wildman–Crippen MR) is 66.1 cm³/mol. The molecule has 1 heterocycles. The number of nitrogens with zero attached hydrogens (tertiary/aromatic N) is 3. The van der Waals surface area contributed by atoms with Gasteiger partial charge < -0.3 is 14.6 Å². The molecule has 0 saturated heterocycles. The molecule has 1 aromatic heterocycles. The fourth-order valence-corrected chi connectivity index (χ4v) is 1.84. The first kappa shape index (κ1) is 19.3. The maximum Gasteiger partial charge on any atom is 0.425 e. The van der Waals surface area contributed by atoms with Gasteiger partial charge in [0, 0.05) is 33.0 Å². The van der Waals surface area contributed by atoms with Crippen molar-refractivity contribution in [1.29, 1.82) is 0 Å². The zero-order valence-electron chi connectivity index (χ0n) is 12.2. The SMILES string of the molecule is CN(CCC(F)(F)F)C(=O)CC(O)(c1nccn1C)C(F)(F)F. The summed E-state index contributed by atoms with van der Waals surface area (Å²) in [5.41, 5.74) is -3.59. The van der Waals surface area contributed by atoms with Crippen LogP contribution in [0, 0.1) is 0 Å². The average molecular weight is 347 g/mol. The molecule has 0 aliphatic rings. The summed E-state index contributed by atoms with van der Waals surface area (Å²) in [5, 5.41) is 9.96. The van der Waals surface area contributed by atoms with Gasteiger partial charge in [0.25, 0.3) is 0 Å². The largest absolute Gasteiger partial charge is 0.425 e. The number of halogens is 6. The van der Waals surface area contributed by atoms with Crippen LogP contribution in [0.5, 0.6) is 0 Å². The summed E-state index contributed by atoms with van der Waals surface area (Å²) in [5.74, 6) is -2.10. The Kier molecular flexibility index (Phi) is 5.34. The summed E-state index contributed by atoms with van der Waals surface area (Å²) in [6.45, 7) is -0.809. The van der Waals surface area contributed by atoms with Crippen LogP contribution in [-0.4, -0.2) is 51.4 Å². The number of carbonyl (C=O) groups excluding carboxylic acids is 1. The minimum atomic E-state index is -5.23. The van der Waals surface area contributed by atoms with Gasteiger partial charge in [0.05, 0.1) is 12.8 Å². The lowest BCUT2D eigenvalue weighted by atomic mass is 9.96. The number of aliphatic hydroxyl groups is 1. The Hall–Kier alpha value is -1.78. The third-order valence-electron chi connectivity index (χ3n) is 3.22. The van der Waals surface area contributed by atoms with Gasteiger partial charge in [0.15, 0.2) is 5.82 Å². The number of aromatic nitrogens is 2. The molecular weight excluding hydrogens is 332 g/mol.